The second kappa shape index (κ2) is 8.29. The van der Waals surface area contributed by atoms with Crippen LogP contribution in [0.2, 0.25) is 0 Å². The van der Waals surface area contributed by atoms with Gasteiger partial charge in [0.2, 0.25) is 5.91 Å². The highest BCUT2D eigenvalue weighted by Crippen LogP contribution is 2.36. The third-order valence-corrected chi connectivity index (χ3v) is 5.53. The Hall–Kier alpha value is -3.95. The Bertz CT molecular complexity index is 1110. The van der Waals surface area contributed by atoms with E-state index in [9.17, 15) is 14.4 Å². The lowest BCUT2D eigenvalue weighted by atomic mass is 10.1. The Kier molecular flexibility index (Phi) is 5.52. The Balaban J connectivity index is 1.52. The average Bonchev–Trinajstić information content (AvgIpc) is 3.29. The number of para-hydroxylation sites is 1. The number of hydrogen-bond acceptors (Lipinski definition) is 8. The largest absolute Gasteiger partial charge is 0.493 e. The molecule has 2 aliphatic heterocycles. The van der Waals surface area contributed by atoms with Crippen LogP contribution in [0.3, 0.4) is 0 Å². The number of ether oxygens (including phenoxy) is 2. The van der Waals surface area contributed by atoms with Gasteiger partial charge in [-0.1, -0.05) is 23.4 Å². The maximum absolute atomic E-state index is 13.2. The molecular weight excluding hydrogens is 414 g/mol. The van der Waals surface area contributed by atoms with E-state index >= 15 is 0 Å². The Morgan fingerprint density at radius 1 is 1.03 bits per heavy atom. The molecule has 166 valence electrons. The van der Waals surface area contributed by atoms with Gasteiger partial charge in [-0.3, -0.25) is 19.4 Å². The highest BCUT2D eigenvalue weighted by Gasteiger charge is 2.55. The number of methoxy groups -OCH3 is 2. The van der Waals surface area contributed by atoms with Gasteiger partial charge in [-0.2, -0.15) is 5.11 Å². The van der Waals surface area contributed by atoms with Crippen LogP contribution in [0.25, 0.3) is 0 Å². The quantitative estimate of drug-likeness (QED) is 0.694. The van der Waals surface area contributed by atoms with Crippen molar-refractivity contribution >= 4 is 29.1 Å². The first-order chi connectivity index (χ1) is 15.3. The zero-order valence-electron chi connectivity index (χ0n) is 18.2. The van der Waals surface area contributed by atoms with Gasteiger partial charge >= 0.3 is 0 Å². The average molecular weight is 437 g/mol. The van der Waals surface area contributed by atoms with Crippen molar-refractivity contribution in [1.82, 2.24) is 5.01 Å². The summed E-state index contributed by atoms with van der Waals surface area (Å²) in [5, 5.41) is 12.0. The molecule has 1 saturated heterocycles. The zero-order valence-corrected chi connectivity index (χ0v) is 18.2. The summed E-state index contributed by atoms with van der Waals surface area (Å²) < 4.78 is 10.5. The van der Waals surface area contributed by atoms with Crippen LogP contribution in [0.15, 0.2) is 46.7 Å². The number of benzene rings is 2. The summed E-state index contributed by atoms with van der Waals surface area (Å²) in [5.74, 6) is -0.508. The lowest BCUT2D eigenvalue weighted by molar-refractivity contribution is -0.123. The molecule has 0 unspecified atom stereocenters. The maximum Gasteiger partial charge on any atom is 0.263 e. The first kappa shape index (κ1) is 21.3. The van der Waals surface area contributed by atoms with Crippen molar-refractivity contribution in [3.05, 3.63) is 47.5 Å². The molecule has 10 nitrogen and oxygen atoms in total. The van der Waals surface area contributed by atoms with E-state index in [1.165, 1.54) is 19.2 Å². The van der Waals surface area contributed by atoms with Gasteiger partial charge in [-0.05, 0) is 37.1 Å². The molecular formula is C22H23N5O5. The smallest absolute Gasteiger partial charge is 0.263 e. The number of amides is 3. The number of carbonyl (C=O) groups excluding carboxylic acids is 3. The van der Waals surface area contributed by atoms with Gasteiger partial charge in [0.1, 0.15) is 6.54 Å². The Morgan fingerprint density at radius 3 is 2.38 bits per heavy atom. The highest BCUT2D eigenvalue weighted by atomic mass is 16.5. The molecule has 2 heterocycles. The van der Waals surface area contributed by atoms with Crippen molar-refractivity contribution in [3.63, 3.8) is 0 Å². The van der Waals surface area contributed by atoms with Crippen LogP contribution in [0.4, 0.5) is 11.4 Å². The minimum absolute atomic E-state index is 0.211. The number of rotatable bonds is 6. The summed E-state index contributed by atoms with van der Waals surface area (Å²) in [7, 11) is 2.96. The number of aryl methyl sites for hydroxylation is 2. The first-order valence-electron chi connectivity index (χ1n) is 9.99. The lowest BCUT2D eigenvalue weighted by Crippen LogP contribution is -2.43. The fourth-order valence-electron chi connectivity index (χ4n) is 3.91. The van der Waals surface area contributed by atoms with E-state index in [2.05, 4.69) is 15.7 Å². The Labute approximate surface area is 184 Å². The molecule has 10 heteroatoms. The van der Waals surface area contributed by atoms with Gasteiger partial charge < -0.3 is 14.8 Å². The molecule has 2 aromatic rings. The molecule has 2 aliphatic rings. The molecule has 0 saturated carbocycles. The van der Waals surface area contributed by atoms with Gasteiger partial charge in [0.05, 0.1) is 19.9 Å². The van der Waals surface area contributed by atoms with Gasteiger partial charge in [-0.25, -0.2) is 4.90 Å². The predicted molar refractivity (Wildman–Crippen MR) is 116 cm³/mol. The molecule has 0 radical (unpaired) electrons. The molecule has 2 aromatic carbocycles. The summed E-state index contributed by atoms with van der Waals surface area (Å²) >= 11 is 0. The van der Waals surface area contributed by atoms with Crippen molar-refractivity contribution in [3.8, 4) is 11.5 Å². The number of nitrogens with one attached hydrogen (secondary N) is 1. The second-order valence-corrected chi connectivity index (χ2v) is 7.56. The van der Waals surface area contributed by atoms with Crippen molar-refractivity contribution in [2.24, 2.45) is 10.3 Å². The number of anilines is 2. The number of nitrogens with zero attached hydrogens (tertiary/aromatic N) is 4. The van der Waals surface area contributed by atoms with Crippen LogP contribution in [-0.2, 0) is 14.4 Å². The minimum Gasteiger partial charge on any atom is -0.493 e. The van der Waals surface area contributed by atoms with Crippen LogP contribution in [-0.4, -0.2) is 55.6 Å². The van der Waals surface area contributed by atoms with Gasteiger partial charge in [0.25, 0.3) is 11.8 Å². The zero-order chi connectivity index (χ0) is 23.0. The van der Waals surface area contributed by atoms with Crippen molar-refractivity contribution < 1.29 is 23.9 Å². The number of fused-ring (bicyclic) bond motifs is 1. The third-order valence-electron chi connectivity index (χ3n) is 5.53. The molecule has 32 heavy (non-hydrogen) atoms. The molecule has 0 spiro atoms. The predicted octanol–water partition coefficient (Wildman–Crippen LogP) is 2.25. The molecule has 4 rings (SSSR count). The molecule has 1 fully saturated rings. The van der Waals surface area contributed by atoms with Gasteiger partial charge in [-0.15, -0.1) is 0 Å². The van der Waals surface area contributed by atoms with E-state index in [1.807, 2.05) is 32.0 Å². The normalized spacial score (nSPS) is 19.4. The summed E-state index contributed by atoms with van der Waals surface area (Å²) in [6.07, 6.45) is 0. The molecule has 2 atom stereocenters. The van der Waals surface area contributed by atoms with Crippen LogP contribution in [0.1, 0.15) is 11.1 Å². The van der Waals surface area contributed by atoms with Crippen LogP contribution in [0.5, 0.6) is 11.5 Å². The molecule has 0 bridgehead atoms. The van der Waals surface area contributed by atoms with Gasteiger partial charge in [0.15, 0.2) is 23.6 Å². The first-order valence-corrected chi connectivity index (χ1v) is 9.99. The topological polar surface area (TPSA) is 113 Å². The van der Waals surface area contributed by atoms with E-state index in [1.54, 1.807) is 18.2 Å². The summed E-state index contributed by atoms with van der Waals surface area (Å²) in [6.45, 7) is 3.58. The number of hydrogen-bond donors (Lipinski definition) is 1. The van der Waals surface area contributed by atoms with E-state index in [4.69, 9.17) is 9.47 Å². The lowest BCUT2D eigenvalue weighted by Gasteiger charge is -2.21. The Morgan fingerprint density at radius 2 is 1.72 bits per heavy atom. The molecule has 0 aliphatic carbocycles. The fourth-order valence-corrected chi connectivity index (χ4v) is 3.91. The van der Waals surface area contributed by atoms with Crippen molar-refractivity contribution in [1.29, 1.82) is 0 Å². The second-order valence-electron chi connectivity index (χ2n) is 7.56. The number of carbonyl (C=O) groups is 3. The van der Waals surface area contributed by atoms with E-state index in [0.29, 0.717) is 22.9 Å². The van der Waals surface area contributed by atoms with E-state index < -0.39 is 23.9 Å². The SMILES string of the molecule is COc1ccc(N2C(=O)[C@@H]3N=NN(CC(=O)Nc4c(C)cccc4C)[C@H]3C2=O)cc1OC. The van der Waals surface area contributed by atoms with Crippen molar-refractivity contribution in [2.75, 3.05) is 31.0 Å². The van der Waals surface area contributed by atoms with Crippen LogP contribution < -0.4 is 19.7 Å². The fraction of sp³-hybridized carbons (Fsp3) is 0.318. The molecule has 0 aromatic heterocycles. The molecule has 1 N–H and O–H groups in total. The van der Waals surface area contributed by atoms with E-state index in [-0.39, 0.29) is 12.5 Å². The summed E-state index contributed by atoms with van der Waals surface area (Å²) in [6, 6.07) is 8.48. The highest BCUT2D eigenvalue weighted by molar-refractivity contribution is 6.25. The summed E-state index contributed by atoms with van der Waals surface area (Å²) in [4.78, 5) is 39.8. The summed E-state index contributed by atoms with van der Waals surface area (Å²) in [5.41, 5.74) is 2.89. The van der Waals surface area contributed by atoms with Crippen molar-refractivity contribution in [2.45, 2.75) is 25.9 Å². The van der Waals surface area contributed by atoms with Crippen LogP contribution in [0, 0.1) is 13.8 Å². The molecule has 3 amide bonds. The maximum atomic E-state index is 13.2. The third kappa shape index (κ3) is 3.53. The number of imide groups is 1. The standard InChI is InChI=1S/C22H23N5O5/c1-12-6-5-7-13(2)18(12)23-17(28)11-26-20-19(24-25-26)21(29)27(22(20)30)14-8-9-15(31-3)16(10-14)32-4/h5-10,19-20H,11H2,1-4H3,(H,23,28)/t19-,20-/m1/s1. The minimum atomic E-state index is -0.997. The van der Waals surface area contributed by atoms with Gasteiger partial charge in [0, 0.05) is 11.8 Å². The monoisotopic (exact) mass is 437 g/mol. The van der Waals surface area contributed by atoms with E-state index in [0.717, 1.165) is 16.0 Å². The van der Waals surface area contributed by atoms with Crippen LogP contribution >= 0.6 is 0 Å².